The monoisotopic (exact) mass is 527 g/mol. The number of imide groups is 2. The van der Waals surface area contributed by atoms with E-state index < -0.39 is 38.3 Å². The van der Waals surface area contributed by atoms with Crippen molar-refractivity contribution in [2.24, 2.45) is 0 Å². The van der Waals surface area contributed by atoms with Gasteiger partial charge in [-0.2, -0.15) is 0 Å². The zero-order valence-electron chi connectivity index (χ0n) is 16.9. The third-order valence-electron chi connectivity index (χ3n) is 5.70. The Hall–Kier alpha value is -3.14. The van der Waals surface area contributed by atoms with Gasteiger partial charge in [0.25, 0.3) is 0 Å². The van der Waals surface area contributed by atoms with Gasteiger partial charge in [-0.15, -0.1) is 0 Å². The second-order valence-electron chi connectivity index (χ2n) is 7.97. The first-order valence-corrected chi connectivity index (χ1v) is 12.2. The second-order valence-corrected chi connectivity index (χ2v) is 11.1. The van der Waals surface area contributed by atoms with Crippen LogP contribution in [0.25, 0.3) is 6.08 Å². The Morgan fingerprint density at radius 1 is 0.806 bits per heavy atom. The van der Waals surface area contributed by atoms with Gasteiger partial charge in [0.2, 0.25) is 0 Å². The Morgan fingerprint density at radius 2 is 1.35 bits per heavy atom. The molecule has 1 aromatic heterocycles. The van der Waals surface area contributed by atoms with E-state index in [0.29, 0.717) is 0 Å². The van der Waals surface area contributed by atoms with Crippen LogP contribution in [0.5, 0.6) is 0 Å². The van der Waals surface area contributed by atoms with E-state index in [4.69, 9.17) is 0 Å². The van der Waals surface area contributed by atoms with Crippen LogP contribution in [0.2, 0.25) is 0 Å². The van der Waals surface area contributed by atoms with Gasteiger partial charge in [-0.3, -0.25) is 0 Å². The van der Waals surface area contributed by atoms with Crippen LogP contribution in [0, 0.1) is 0 Å². The number of para-hydroxylation sites is 2. The molecule has 2 aliphatic rings. The fourth-order valence-electron chi connectivity index (χ4n) is 4.20. The van der Waals surface area contributed by atoms with Crippen LogP contribution in [0.15, 0.2) is 66.2 Å². The fraction of sp³-hybridized carbons (Fsp3) is 0.125. The van der Waals surface area contributed by atoms with Crippen LogP contribution in [0.1, 0.15) is 28.6 Å². The van der Waals surface area contributed by atoms with Gasteiger partial charge in [0.1, 0.15) is 0 Å². The summed E-state index contributed by atoms with van der Waals surface area (Å²) < 4.78 is 2.13. The molecule has 2 N–H and O–H groups in total. The normalized spacial score (nSPS) is 16.9. The molecule has 5 rings (SSSR count). The van der Waals surface area contributed by atoms with Crippen molar-refractivity contribution < 1.29 is 14.4 Å². The van der Waals surface area contributed by atoms with Crippen molar-refractivity contribution in [2.45, 2.75) is 19.3 Å². The number of carbonyl (C=O) groups is 3. The third kappa shape index (κ3) is 3.21. The molecule has 0 spiro atoms. The van der Waals surface area contributed by atoms with E-state index >= 15 is 0 Å². The number of urea groups is 1. The molecular formula is C24H19N3O3Te. The molecule has 154 valence electrons. The molecule has 31 heavy (non-hydrogen) atoms. The topological polar surface area (TPSA) is 78.5 Å². The van der Waals surface area contributed by atoms with Crippen LogP contribution < -0.4 is 15.5 Å². The molecule has 0 unspecified atom stereocenters. The standard InChI is InChI=1S/C24H19N3O3Te/c1-24(2)16-7-3-5-9-18(16)27(19-10-6-4-8-17(19)24)20-12-11-14(31-20)13-15-21(28)25-23(30)26-22(15)29/h3-13H,1-2H3,(H2,25,26,28,29,30). The van der Waals surface area contributed by atoms with Crippen LogP contribution in [0.4, 0.5) is 19.9 Å². The number of amides is 4. The van der Waals surface area contributed by atoms with Crippen LogP contribution >= 0.6 is 0 Å². The first kappa shape index (κ1) is 19.8. The average molecular weight is 525 g/mol. The first-order valence-electron chi connectivity index (χ1n) is 9.83. The number of fused-ring (bicyclic) bond motifs is 2. The zero-order valence-corrected chi connectivity index (χ0v) is 19.3. The number of nitrogens with one attached hydrogen (secondary N) is 2. The summed E-state index contributed by atoms with van der Waals surface area (Å²) in [5.41, 5.74) is 4.68. The summed E-state index contributed by atoms with van der Waals surface area (Å²) in [4.78, 5) is 37.8. The van der Waals surface area contributed by atoms with Crippen molar-refractivity contribution in [1.29, 1.82) is 0 Å². The molecule has 2 aliphatic heterocycles. The molecule has 6 nitrogen and oxygen atoms in total. The quantitative estimate of drug-likeness (QED) is 0.305. The first-order chi connectivity index (χ1) is 14.9. The molecule has 7 heteroatoms. The maximum absolute atomic E-state index is 12.1. The molecule has 1 saturated heterocycles. The van der Waals surface area contributed by atoms with Crippen molar-refractivity contribution in [1.82, 2.24) is 10.6 Å². The summed E-state index contributed by atoms with van der Waals surface area (Å²) in [7, 11) is 0. The van der Waals surface area contributed by atoms with Crippen molar-refractivity contribution in [2.75, 3.05) is 4.90 Å². The summed E-state index contributed by atoms with van der Waals surface area (Å²) in [6.45, 7) is 4.49. The molecule has 0 saturated carbocycles. The number of rotatable bonds is 2. The predicted octanol–water partition coefficient (Wildman–Crippen LogP) is 3.60. The Morgan fingerprint density at radius 3 is 1.94 bits per heavy atom. The minimum absolute atomic E-state index is 0.0359. The van der Waals surface area contributed by atoms with E-state index in [0.717, 1.165) is 15.0 Å². The van der Waals surface area contributed by atoms with Gasteiger partial charge in [-0.1, -0.05) is 0 Å². The molecule has 0 atom stereocenters. The number of benzene rings is 2. The van der Waals surface area contributed by atoms with Gasteiger partial charge in [0.05, 0.1) is 0 Å². The van der Waals surface area contributed by atoms with Crippen molar-refractivity contribution in [3.8, 4) is 0 Å². The van der Waals surface area contributed by atoms with Gasteiger partial charge in [0.15, 0.2) is 0 Å². The predicted molar refractivity (Wildman–Crippen MR) is 120 cm³/mol. The Balaban J connectivity index is 1.61. The summed E-state index contributed by atoms with van der Waals surface area (Å²) in [6, 6.07) is 20.1. The van der Waals surface area contributed by atoms with Crippen molar-refractivity contribution in [3.05, 3.63) is 80.9 Å². The molecule has 3 aromatic rings. The summed E-state index contributed by atoms with van der Waals surface area (Å²) in [5, 5.41) is 4.25. The molecule has 2 aromatic carbocycles. The average Bonchev–Trinajstić information content (AvgIpc) is 3.19. The SMILES string of the molecule is CC1(C)c2ccccc2N(c2ccc(C=C3C(=O)NC(=O)NC3=O)[te]2)c2ccccc21. The molecule has 4 amide bonds. The number of anilines is 3. The summed E-state index contributed by atoms with van der Waals surface area (Å²) in [5.74, 6) is -1.32. The molecule has 0 radical (unpaired) electrons. The van der Waals surface area contributed by atoms with Gasteiger partial charge >= 0.3 is 190 Å². The molecule has 0 aliphatic carbocycles. The van der Waals surface area contributed by atoms with E-state index in [1.54, 1.807) is 6.08 Å². The van der Waals surface area contributed by atoms with Crippen LogP contribution in [-0.4, -0.2) is 38.3 Å². The minimum atomic E-state index is -0.868. The number of hydrogen-bond donors (Lipinski definition) is 2. The second kappa shape index (κ2) is 7.23. The van der Waals surface area contributed by atoms with Crippen LogP contribution in [-0.2, 0) is 15.0 Å². The van der Waals surface area contributed by atoms with E-state index in [9.17, 15) is 14.4 Å². The molecular weight excluding hydrogens is 506 g/mol. The third-order valence-corrected chi connectivity index (χ3v) is 8.60. The van der Waals surface area contributed by atoms with Crippen molar-refractivity contribution in [3.63, 3.8) is 0 Å². The van der Waals surface area contributed by atoms with E-state index in [1.807, 2.05) is 6.07 Å². The van der Waals surface area contributed by atoms with Crippen molar-refractivity contribution >= 4 is 59.4 Å². The number of barbiturate groups is 1. The van der Waals surface area contributed by atoms with E-state index in [2.05, 4.69) is 84.0 Å². The molecule has 1 fully saturated rings. The molecule has 3 heterocycles. The number of carbonyl (C=O) groups excluding carboxylic acids is 3. The Labute approximate surface area is 189 Å². The fourth-order valence-corrected chi connectivity index (χ4v) is 6.99. The summed E-state index contributed by atoms with van der Waals surface area (Å²) in [6.07, 6.45) is 1.61. The van der Waals surface area contributed by atoms with E-state index in [1.165, 1.54) is 14.8 Å². The maximum atomic E-state index is 12.1. The van der Waals surface area contributed by atoms with Gasteiger partial charge in [-0.05, 0) is 0 Å². The Kier molecular flexibility index (Phi) is 4.62. The Bertz CT molecular complexity index is 1220. The van der Waals surface area contributed by atoms with Gasteiger partial charge in [-0.25, -0.2) is 0 Å². The van der Waals surface area contributed by atoms with E-state index in [-0.39, 0.29) is 11.0 Å². The van der Waals surface area contributed by atoms with Gasteiger partial charge < -0.3 is 0 Å². The summed E-state index contributed by atoms with van der Waals surface area (Å²) >= 11 is -0.868. The zero-order chi connectivity index (χ0) is 21.8. The number of nitrogens with zero attached hydrogens (tertiary/aromatic N) is 1. The van der Waals surface area contributed by atoms with Crippen LogP contribution in [0.3, 0.4) is 0 Å². The van der Waals surface area contributed by atoms with Gasteiger partial charge in [0, 0.05) is 0 Å². The number of hydrogen-bond acceptors (Lipinski definition) is 4. The molecule has 0 bridgehead atoms.